The first kappa shape index (κ1) is 14.8. The maximum Gasteiger partial charge on any atom is 0.223 e. The predicted octanol–water partition coefficient (Wildman–Crippen LogP) is 1.86. The highest BCUT2D eigenvalue weighted by molar-refractivity contribution is 5.79. The molecule has 5 nitrogen and oxygen atoms in total. The molecule has 0 bridgehead atoms. The number of nitrogens with two attached hydrogens (primary N) is 1. The van der Waals surface area contributed by atoms with Crippen LogP contribution in [0.25, 0.3) is 5.69 Å². The van der Waals surface area contributed by atoms with Crippen LogP contribution in [0, 0.1) is 11.8 Å². The second-order valence-corrected chi connectivity index (χ2v) is 5.89. The molecular formula is C17H22N4O. The van der Waals surface area contributed by atoms with Crippen molar-refractivity contribution in [1.82, 2.24) is 14.9 Å². The minimum absolute atomic E-state index is 0.0850. The Hall–Kier alpha value is -2.14. The van der Waals surface area contributed by atoms with Crippen molar-refractivity contribution >= 4 is 5.91 Å². The summed E-state index contributed by atoms with van der Waals surface area (Å²) in [7, 11) is 0. The van der Waals surface area contributed by atoms with Crippen molar-refractivity contribution in [2.75, 3.05) is 6.54 Å². The molecule has 3 rings (SSSR count). The Balaban J connectivity index is 1.62. The second-order valence-electron chi connectivity index (χ2n) is 5.89. The summed E-state index contributed by atoms with van der Waals surface area (Å²) in [6.07, 6.45) is 8.56. The lowest BCUT2D eigenvalue weighted by molar-refractivity contribution is -0.126. The highest BCUT2D eigenvalue weighted by Gasteiger charge is 2.31. The maximum absolute atomic E-state index is 12.3. The van der Waals surface area contributed by atoms with E-state index in [1.807, 2.05) is 29.0 Å². The Morgan fingerprint density at radius 2 is 2.32 bits per heavy atom. The average Bonchev–Trinajstić information content (AvgIpc) is 3.23. The Morgan fingerprint density at radius 1 is 1.41 bits per heavy atom. The van der Waals surface area contributed by atoms with Crippen LogP contribution in [0.5, 0.6) is 0 Å². The fourth-order valence-electron chi connectivity index (χ4n) is 3.22. The molecule has 0 aliphatic heterocycles. The first-order chi connectivity index (χ1) is 10.8. The second kappa shape index (κ2) is 6.75. The van der Waals surface area contributed by atoms with Crippen LogP contribution in [0.2, 0.25) is 0 Å². The number of hydrogen-bond acceptors (Lipinski definition) is 3. The van der Waals surface area contributed by atoms with E-state index in [9.17, 15) is 4.79 Å². The number of nitrogens with zero attached hydrogens (tertiary/aromatic N) is 2. The molecule has 0 radical (unpaired) electrons. The van der Waals surface area contributed by atoms with E-state index in [1.54, 1.807) is 12.5 Å². The summed E-state index contributed by atoms with van der Waals surface area (Å²) in [5.41, 5.74) is 7.89. The Morgan fingerprint density at radius 3 is 3.09 bits per heavy atom. The molecule has 2 atom stereocenters. The molecule has 1 aromatic carbocycles. The lowest BCUT2D eigenvalue weighted by Gasteiger charge is -2.17. The molecule has 1 aromatic heterocycles. The SMILES string of the molecule is NC[C@H]1CCC[C@H]1C(=O)NCc1cccc(-n2ccnc2)c1. The van der Waals surface area contributed by atoms with Gasteiger partial charge in [-0.25, -0.2) is 4.98 Å². The standard InChI is InChI=1S/C17H22N4O/c18-10-14-4-2-6-16(14)17(22)20-11-13-3-1-5-15(9-13)21-8-7-19-12-21/h1,3,5,7-9,12,14,16H,2,4,6,10-11,18H2,(H,20,22)/t14-,16-/m1/s1. The number of carbonyl (C=O) groups is 1. The average molecular weight is 298 g/mol. The van der Waals surface area contributed by atoms with E-state index >= 15 is 0 Å². The molecule has 2 aromatic rings. The zero-order valence-electron chi connectivity index (χ0n) is 12.6. The van der Waals surface area contributed by atoms with Crippen LogP contribution in [-0.4, -0.2) is 22.0 Å². The van der Waals surface area contributed by atoms with Crippen LogP contribution in [0.1, 0.15) is 24.8 Å². The van der Waals surface area contributed by atoms with E-state index in [4.69, 9.17) is 5.73 Å². The summed E-state index contributed by atoms with van der Waals surface area (Å²) in [6, 6.07) is 8.11. The van der Waals surface area contributed by atoms with Gasteiger partial charge in [0, 0.05) is 30.5 Å². The highest BCUT2D eigenvalue weighted by Crippen LogP contribution is 2.31. The number of imidazole rings is 1. The van der Waals surface area contributed by atoms with Gasteiger partial charge in [0.05, 0.1) is 6.33 Å². The van der Waals surface area contributed by atoms with Gasteiger partial charge >= 0.3 is 0 Å². The third-order valence-corrected chi connectivity index (χ3v) is 4.48. The van der Waals surface area contributed by atoms with Gasteiger partial charge in [-0.3, -0.25) is 4.79 Å². The fourth-order valence-corrected chi connectivity index (χ4v) is 3.22. The van der Waals surface area contributed by atoms with E-state index in [0.717, 1.165) is 30.5 Å². The van der Waals surface area contributed by atoms with E-state index in [2.05, 4.69) is 16.4 Å². The lowest BCUT2D eigenvalue weighted by Crippen LogP contribution is -2.34. The Bertz CT molecular complexity index is 623. The number of rotatable bonds is 5. The largest absolute Gasteiger partial charge is 0.352 e. The maximum atomic E-state index is 12.3. The van der Waals surface area contributed by atoms with Gasteiger partial charge in [-0.15, -0.1) is 0 Å². The molecular weight excluding hydrogens is 276 g/mol. The summed E-state index contributed by atoms with van der Waals surface area (Å²) in [5, 5.41) is 3.06. The first-order valence-corrected chi connectivity index (χ1v) is 7.83. The quantitative estimate of drug-likeness (QED) is 0.885. The van der Waals surface area contributed by atoms with Crippen LogP contribution in [0.15, 0.2) is 43.0 Å². The summed E-state index contributed by atoms with van der Waals surface area (Å²) in [5.74, 6) is 0.570. The molecule has 116 valence electrons. The molecule has 1 aliphatic rings. The van der Waals surface area contributed by atoms with E-state index in [0.29, 0.717) is 19.0 Å². The summed E-state index contributed by atoms with van der Waals surface area (Å²) < 4.78 is 1.95. The molecule has 1 fully saturated rings. The number of carbonyl (C=O) groups excluding carboxylic acids is 1. The predicted molar refractivity (Wildman–Crippen MR) is 85.3 cm³/mol. The molecule has 5 heteroatoms. The molecule has 1 amide bonds. The molecule has 1 saturated carbocycles. The van der Waals surface area contributed by atoms with Crippen molar-refractivity contribution in [3.05, 3.63) is 48.5 Å². The van der Waals surface area contributed by atoms with Crippen LogP contribution in [-0.2, 0) is 11.3 Å². The van der Waals surface area contributed by atoms with Gasteiger partial charge in [0.15, 0.2) is 0 Å². The number of aromatic nitrogens is 2. The van der Waals surface area contributed by atoms with Crippen molar-refractivity contribution in [1.29, 1.82) is 0 Å². The third-order valence-electron chi connectivity index (χ3n) is 4.48. The molecule has 0 unspecified atom stereocenters. The van der Waals surface area contributed by atoms with Crippen molar-refractivity contribution in [3.8, 4) is 5.69 Å². The Kier molecular flexibility index (Phi) is 4.53. The smallest absolute Gasteiger partial charge is 0.223 e. The van der Waals surface area contributed by atoms with Gasteiger partial charge < -0.3 is 15.6 Å². The van der Waals surface area contributed by atoms with Crippen molar-refractivity contribution < 1.29 is 4.79 Å². The van der Waals surface area contributed by atoms with Gasteiger partial charge in [-0.05, 0) is 43.0 Å². The third kappa shape index (κ3) is 3.20. The van der Waals surface area contributed by atoms with Crippen LogP contribution < -0.4 is 11.1 Å². The van der Waals surface area contributed by atoms with Gasteiger partial charge in [0.2, 0.25) is 5.91 Å². The molecule has 0 saturated heterocycles. The zero-order valence-corrected chi connectivity index (χ0v) is 12.6. The van der Waals surface area contributed by atoms with Crippen LogP contribution >= 0.6 is 0 Å². The Labute approximate surface area is 130 Å². The molecule has 0 spiro atoms. The number of benzene rings is 1. The summed E-state index contributed by atoms with van der Waals surface area (Å²) >= 11 is 0. The summed E-state index contributed by atoms with van der Waals surface area (Å²) in [6.45, 7) is 1.16. The zero-order chi connectivity index (χ0) is 15.4. The van der Waals surface area contributed by atoms with Gasteiger partial charge in [-0.1, -0.05) is 18.6 Å². The normalized spacial score (nSPS) is 21.0. The molecule has 1 aliphatic carbocycles. The van der Waals surface area contributed by atoms with E-state index in [1.165, 1.54) is 0 Å². The van der Waals surface area contributed by atoms with Crippen molar-refractivity contribution in [2.24, 2.45) is 17.6 Å². The minimum Gasteiger partial charge on any atom is -0.352 e. The minimum atomic E-state index is 0.0850. The fraction of sp³-hybridized carbons (Fsp3) is 0.412. The van der Waals surface area contributed by atoms with Crippen LogP contribution in [0.4, 0.5) is 0 Å². The monoisotopic (exact) mass is 298 g/mol. The van der Waals surface area contributed by atoms with Crippen molar-refractivity contribution in [2.45, 2.75) is 25.8 Å². The molecule has 3 N–H and O–H groups in total. The van der Waals surface area contributed by atoms with Gasteiger partial charge in [-0.2, -0.15) is 0 Å². The van der Waals surface area contributed by atoms with E-state index < -0.39 is 0 Å². The highest BCUT2D eigenvalue weighted by atomic mass is 16.1. The topological polar surface area (TPSA) is 72.9 Å². The summed E-state index contributed by atoms with van der Waals surface area (Å²) in [4.78, 5) is 16.4. The number of hydrogen-bond donors (Lipinski definition) is 2. The number of nitrogens with one attached hydrogen (secondary N) is 1. The van der Waals surface area contributed by atoms with Gasteiger partial charge in [0.1, 0.15) is 0 Å². The lowest BCUT2D eigenvalue weighted by atomic mass is 9.95. The first-order valence-electron chi connectivity index (χ1n) is 7.83. The van der Waals surface area contributed by atoms with Gasteiger partial charge in [0.25, 0.3) is 0 Å². The van der Waals surface area contributed by atoms with Crippen molar-refractivity contribution in [3.63, 3.8) is 0 Å². The molecule has 22 heavy (non-hydrogen) atoms. The van der Waals surface area contributed by atoms with E-state index in [-0.39, 0.29) is 11.8 Å². The molecule has 1 heterocycles. The number of amides is 1. The van der Waals surface area contributed by atoms with Crippen LogP contribution in [0.3, 0.4) is 0 Å².